The normalized spacial score (nSPS) is 10.8. The van der Waals surface area contributed by atoms with E-state index in [0.29, 0.717) is 0 Å². The number of hydrogen-bond acceptors (Lipinski definition) is 3. The van der Waals surface area contributed by atoms with Crippen LogP contribution >= 0.6 is 15.9 Å². The summed E-state index contributed by atoms with van der Waals surface area (Å²) in [5.41, 5.74) is 3.14. The molecule has 0 aliphatic heterocycles. The summed E-state index contributed by atoms with van der Waals surface area (Å²) >= 11 is 3.57. The highest BCUT2D eigenvalue weighted by atomic mass is 79.9. The maximum Gasteiger partial charge on any atom is 0.171 e. The van der Waals surface area contributed by atoms with Gasteiger partial charge in [-0.25, -0.2) is 0 Å². The summed E-state index contributed by atoms with van der Waals surface area (Å²) in [6, 6.07) is 6.14. The molecule has 0 spiro atoms. The second kappa shape index (κ2) is 6.41. The monoisotopic (exact) mass is 337 g/mol. The molecule has 0 atom stereocenters. The molecule has 2 aromatic rings. The molecule has 0 saturated carbocycles. The smallest absolute Gasteiger partial charge is 0.171 e. The largest absolute Gasteiger partial charge is 0.452 e. The van der Waals surface area contributed by atoms with Crippen molar-refractivity contribution < 1.29 is 4.74 Å². The van der Waals surface area contributed by atoms with E-state index < -0.39 is 0 Å². The zero-order valence-corrected chi connectivity index (χ0v) is 13.9. The topological polar surface area (TPSA) is 39.1 Å². The van der Waals surface area contributed by atoms with Crippen molar-refractivity contribution in [2.24, 2.45) is 7.05 Å². The van der Waals surface area contributed by atoms with E-state index in [1.807, 2.05) is 31.6 Å². The molecule has 4 nitrogen and oxygen atoms in total. The maximum atomic E-state index is 6.00. The molecule has 0 aliphatic rings. The molecule has 1 N–H and O–H groups in total. The van der Waals surface area contributed by atoms with Gasteiger partial charge < -0.3 is 10.1 Å². The van der Waals surface area contributed by atoms with E-state index >= 15 is 0 Å². The molecular weight excluding hydrogens is 318 g/mol. The van der Waals surface area contributed by atoms with E-state index in [1.165, 1.54) is 5.56 Å². The Balaban J connectivity index is 2.21. The summed E-state index contributed by atoms with van der Waals surface area (Å²) in [6.45, 7) is 7.88. The molecule has 0 saturated heterocycles. The van der Waals surface area contributed by atoms with E-state index in [2.05, 4.69) is 45.4 Å². The SMILES string of the molecule is CCNCc1ccc(Oc2c(C)nn(C)c2C)c(Br)c1. The van der Waals surface area contributed by atoms with Gasteiger partial charge in [-0.15, -0.1) is 0 Å². The zero-order chi connectivity index (χ0) is 14.7. The standard InChI is InChI=1S/C15H20BrN3O/c1-5-17-9-12-6-7-14(13(16)8-12)20-15-10(2)18-19(4)11(15)3/h6-8,17H,5,9H2,1-4H3. The third-order valence-corrected chi connectivity index (χ3v) is 3.85. The minimum absolute atomic E-state index is 0.810. The second-order valence-electron chi connectivity index (χ2n) is 4.77. The van der Waals surface area contributed by atoms with Crippen LogP contribution in [0.15, 0.2) is 22.7 Å². The van der Waals surface area contributed by atoms with Crippen molar-refractivity contribution in [2.75, 3.05) is 6.54 Å². The van der Waals surface area contributed by atoms with Crippen LogP contribution in [0, 0.1) is 13.8 Å². The van der Waals surface area contributed by atoms with Gasteiger partial charge in [-0.3, -0.25) is 4.68 Å². The Kier molecular flexibility index (Phi) is 4.83. The number of nitrogens with one attached hydrogen (secondary N) is 1. The van der Waals surface area contributed by atoms with Gasteiger partial charge in [-0.1, -0.05) is 13.0 Å². The van der Waals surface area contributed by atoms with Crippen LogP contribution in [0.2, 0.25) is 0 Å². The van der Waals surface area contributed by atoms with Crippen molar-refractivity contribution in [2.45, 2.75) is 27.3 Å². The highest BCUT2D eigenvalue weighted by Crippen LogP contribution is 2.33. The fourth-order valence-electron chi connectivity index (χ4n) is 2.02. The molecule has 0 fully saturated rings. The highest BCUT2D eigenvalue weighted by Gasteiger charge is 2.13. The van der Waals surface area contributed by atoms with Crippen LogP contribution in [0.1, 0.15) is 23.9 Å². The van der Waals surface area contributed by atoms with Gasteiger partial charge >= 0.3 is 0 Å². The fraction of sp³-hybridized carbons (Fsp3) is 0.400. The Morgan fingerprint density at radius 2 is 2.10 bits per heavy atom. The summed E-state index contributed by atoms with van der Waals surface area (Å²) in [6.07, 6.45) is 0. The van der Waals surface area contributed by atoms with Gasteiger partial charge in [0.05, 0.1) is 10.2 Å². The van der Waals surface area contributed by atoms with E-state index in [9.17, 15) is 0 Å². The average Bonchev–Trinajstić information content (AvgIpc) is 2.65. The Labute approximate surface area is 128 Å². The van der Waals surface area contributed by atoms with Gasteiger partial charge in [0, 0.05) is 13.6 Å². The predicted molar refractivity (Wildman–Crippen MR) is 84.3 cm³/mol. The summed E-state index contributed by atoms with van der Waals surface area (Å²) < 4.78 is 8.79. The number of halogens is 1. The zero-order valence-electron chi connectivity index (χ0n) is 12.3. The number of hydrogen-bond donors (Lipinski definition) is 1. The molecule has 108 valence electrons. The number of aromatic nitrogens is 2. The molecular formula is C15H20BrN3O. The number of benzene rings is 1. The highest BCUT2D eigenvalue weighted by molar-refractivity contribution is 9.10. The van der Waals surface area contributed by atoms with Gasteiger partial charge in [0.15, 0.2) is 5.75 Å². The lowest BCUT2D eigenvalue weighted by atomic mass is 10.2. The minimum atomic E-state index is 0.810. The van der Waals surface area contributed by atoms with E-state index in [0.717, 1.165) is 40.4 Å². The van der Waals surface area contributed by atoms with E-state index in [-0.39, 0.29) is 0 Å². The van der Waals surface area contributed by atoms with Crippen LogP contribution in [-0.4, -0.2) is 16.3 Å². The molecule has 1 heterocycles. The third-order valence-electron chi connectivity index (χ3n) is 3.23. The van der Waals surface area contributed by atoms with E-state index in [1.54, 1.807) is 0 Å². The first-order chi connectivity index (χ1) is 9.52. The summed E-state index contributed by atoms with van der Waals surface area (Å²) in [5.74, 6) is 1.64. The molecule has 1 aromatic carbocycles. The van der Waals surface area contributed by atoms with Gasteiger partial charge in [-0.05, 0) is 54.0 Å². The molecule has 5 heteroatoms. The van der Waals surface area contributed by atoms with Crippen LogP contribution in [-0.2, 0) is 13.6 Å². The van der Waals surface area contributed by atoms with Crippen molar-refractivity contribution in [3.63, 3.8) is 0 Å². The summed E-state index contributed by atoms with van der Waals surface area (Å²) in [7, 11) is 1.92. The van der Waals surface area contributed by atoms with Crippen LogP contribution in [0.3, 0.4) is 0 Å². The number of rotatable bonds is 5. The quantitative estimate of drug-likeness (QED) is 0.904. The molecule has 2 rings (SSSR count). The lowest BCUT2D eigenvalue weighted by Crippen LogP contribution is -2.11. The third kappa shape index (κ3) is 3.22. The number of ether oxygens (including phenoxy) is 1. The molecule has 0 radical (unpaired) electrons. The lowest BCUT2D eigenvalue weighted by Gasteiger charge is -2.10. The predicted octanol–water partition coefficient (Wildman–Crippen LogP) is 3.70. The van der Waals surface area contributed by atoms with Crippen LogP contribution < -0.4 is 10.1 Å². The fourth-order valence-corrected chi connectivity index (χ4v) is 2.53. The number of nitrogens with zero attached hydrogens (tertiary/aromatic N) is 2. The van der Waals surface area contributed by atoms with Gasteiger partial charge in [0.25, 0.3) is 0 Å². The molecule has 0 bridgehead atoms. The summed E-state index contributed by atoms with van der Waals surface area (Å²) in [4.78, 5) is 0. The van der Waals surface area contributed by atoms with Gasteiger partial charge in [0.2, 0.25) is 0 Å². The van der Waals surface area contributed by atoms with Crippen LogP contribution in [0.25, 0.3) is 0 Å². The average molecular weight is 338 g/mol. The summed E-state index contributed by atoms with van der Waals surface area (Å²) in [5, 5.41) is 7.67. The number of aryl methyl sites for hydroxylation is 2. The van der Waals surface area contributed by atoms with E-state index in [4.69, 9.17) is 4.74 Å². The maximum absolute atomic E-state index is 6.00. The second-order valence-corrected chi connectivity index (χ2v) is 5.63. The minimum Gasteiger partial charge on any atom is -0.452 e. The Morgan fingerprint density at radius 1 is 1.35 bits per heavy atom. The van der Waals surface area contributed by atoms with Crippen LogP contribution in [0.5, 0.6) is 11.5 Å². The first-order valence-electron chi connectivity index (χ1n) is 6.70. The van der Waals surface area contributed by atoms with Crippen molar-refractivity contribution in [1.82, 2.24) is 15.1 Å². The van der Waals surface area contributed by atoms with Crippen molar-refractivity contribution in [3.05, 3.63) is 39.6 Å². The van der Waals surface area contributed by atoms with Crippen molar-refractivity contribution >= 4 is 15.9 Å². The molecule has 0 amide bonds. The van der Waals surface area contributed by atoms with Gasteiger partial charge in [0.1, 0.15) is 11.4 Å². The Hall–Kier alpha value is -1.33. The lowest BCUT2D eigenvalue weighted by molar-refractivity contribution is 0.471. The van der Waals surface area contributed by atoms with Crippen molar-refractivity contribution in [1.29, 1.82) is 0 Å². The Morgan fingerprint density at radius 3 is 2.65 bits per heavy atom. The molecule has 0 unspecified atom stereocenters. The molecule has 1 aromatic heterocycles. The van der Waals surface area contributed by atoms with Gasteiger partial charge in [-0.2, -0.15) is 5.10 Å². The molecule has 20 heavy (non-hydrogen) atoms. The molecule has 0 aliphatic carbocycles. The Bertz CT molecular complexity index is 607. The first-order valence-corrected chi connectivity index (χ1v) is 7.49. The first kappa shape index (κ1) is 15.1. The van der Waals surface area contributed by atoms with Crippen LogP contribution in [0.4, 0.5) is 0 Å². The van der Waals surface area contributed by atoms with Crippen molar-refractivity contribution in [3.8, 4) is 11.5 Å².